The number of halogens is 5. The van der Waals surface area contributed by atoms with Crippen LogP contribution >= 0.6 is 67.8 Å². The zero-order chi connectivity index (χ0) is 23.5. The second-order valence-corrected chi connectivity index (χ2v) is 12.0. The zero-order valence-electron chi connectivity index (χ0n) is 17.3. The fourth-order valence-electron chi connectivity index (χ4n) is 5.07. The van der Waals surface area contributed by atoms with E-state index in [1.54, 1.807) is 9.80 Å². The number of amides is 2. The summed E-state index contributed by atoms with van der Waals surface area (Å²) in [6, 6.07) is 6.81. The van der Waals surface area contributed by atoms with E-state index in [0.29, 0.717) is 49.9 Å². The molecule has 1 spiro atoms. The van der Waals surface area contributed by atoms with Crippen molar-refractivity contribution in [3.8, 4) is 0 Å². The molecule has 5 nitrogen and oxygen atoms in total. The van der Waals surface area contributed by atoms with Gasteiger partial charge in [-0.2, -0.15) is 0 Å². The molecular formula is C23H19F2I3N2O3. The number of carbonyl (C=O) groups excluding carboxylic acids is 2. The Hall–Kier alpha value is -0.610. The average molecular weight is 790 g/mol. The molecule has 33 heavy (non-hydrogen) atoms. The number of hydrogen-bond donors (Lipinski definition) is 0. The highest BCUT2D eigenvalue weighted by Gasteiger charge is 2.58. The van der Waals surface area contributed by atoms with Crippen molar-refractivity contribution in [1.29, 1.82) is 0 Å². The van der Waals surface area contributed by atoms with Crippen LogP contribution in [0, 0.1) is 22.3 Å². The maximum Gasteiger partial charge on any atom is 0.257 e. The van der Waals surface area contributed by atoms with Crippen molar-refractivity contribution in [1.82, 2.24) is 9.80 Å². The summed E-state index contributed by atoms with van der Waals surface area (Å²) in [7, 11) is 0. The zero-order valence-corrected chi connectivity index (χ0v) is 23.8. The number of nitrogens with zero attached hydrogens (tertiary/aromatic N) is 2. The minimum Gasteiger partial charge on any atom is -0.342 e. The molecule has 2 aromatic rings. The van der Waals surface area contributed by atoms with Crippen molar-refractivity contribution in [2.24, 2.45) is 0 Å². The molecule has 2 atom stereocenters. The first-order chi connectivity index (χ1) is 15.7. The van der Waals surface area contributed by atoms with E-state index in [-0.39, 0.29) is 11.8 Å². The highest BCUT2D eigenvalue weighted by molar-refractivity contribution is 14.1. The predicted molar refractivity (Wildman–Crippen MR) is 143 cm³/mol. The number of fused-ring (bicyclic) bond motifs is 1. The van der Waals surface area contributed by atoms with Gasteiger partial charge >= 0.3 is 0 Å². The first-order valence-electron chi connectivity index (χ1n) is 10.6. The molecule has 3 heterocycles. The van der Waals surface area contributed by atoms with Crippen LogP contribution in [0.3, 0.4) is 0 Å². The molecule has 0 aromatic heterocycles. The summed E-state index contributed by atoms with van der Waals surface area (Å²) in [6.45, 7) is 0.840. The van der Waals surface area contributed by atoms with Gasteiger partial charge in [-0.25, -0.2) is 8.78 Å². The van der Waals surface area contributed by atoms with E-state index in [4.69, 9.17) is 4.74 Å². The average Bonchev–Trinajstić information content (AvgIpc) is 3.29. The lowest BCUT2D eigenvalue weighted by Gasteiger charge is -2.37. The lowest BCUT2D eigenvalue weighted by molar-refractivity contribution is -0.142. The molecule has 0 bridgehead atoms. The third-order valence-electron chi connectivity index (χ3n) is 6.68. The van der Waals surface area contributed by atoms with E-state index < -0.39 is 29.5 Å². The molecule has 0 saturated carbocycles. The fourth-order valence-corrected chi connectivity index (χ4v) is 7.15. The van der Waals surface area contributed by atoms with Crippen LogP contribution in [0.5, 0.6) is 0 Å². The van der Waals surface area contributed by atoms with Crippen molar-refractivity contribution in [3.05, 3.63) is 63.8 Å². The predicted octanol–water partition coefficient (Wildman–Crippen LogP) is 5.47. The van der Waals surface area contributed by atoms with Crippen molar-refractivity contribution >= 4 is 79.6 Å². The fraction of sp³-hybridized carbons (Fsp3) is 0.391. The molecule has 3 saturated heterocycles. The Kier molecular flexibility index (Phi) is 6.66. The van der Waals surface area contributed by atoms with Crippen molar-refractivity contribution in [3.63, 3.8) is 0 Å². The summed E-state index contributed by atoms with van der Waals surface area (Å²) < 4.78 is 37.0. The lowest BCUT2D eigenvalue weighted by Crippen LogP contribution is -2.51. The molecule has 5 rings (SSSR count). The maximum atomic E-state index is 13.8. The van der Waals surface area contributed by atoms with Gasteiger partial charge in [-0.1, -0.05) is 0 Å². The number of rotatable bonds is 2. The van der Waals surface area contributed by atoms with Crippen molar-refractivity contribution < 1.29 is 23.1 Å². The Labute approximate surface area is 231 Å². The first-order valence-corrected chi connectivity index (χ1v) is 13.8. The van der Waals surface area contributed by atoms with Gasteiger partial charge in [0.1, 0.15) is 17.9 Å². The van der Waals surface area contributed by atoms with Gasteiger partial charge in [0.05, 0.1) is 6.04 Å². The van der Waals surface area contributed by atoms with Crippen LogP contribution in [0.25, 0.3) is 0 Å². The Bertz CT molecular complexity index is 1110. The molecule has 3 aliphatic heterocycles. The van der Waals surface area contributed by atoms with Gasteiger partial charge in [-0.3, -0.25) is 9.59 Å². The third-order valence-corrected chi connectivity index (χ3v) is 11.6. The van der Waals surface area contributed by atoms with Gasteiger partial charge in [0.15, 0.2) is 5.60 Å². The minimum atomic E-state index is -0.971. The topological polar surface area (TPSA) is 49.9 Å². The minimum absolute atomic E-state index is 0.0452. The standard InChI is InChI=1S/C23H19F2I3N2O3/c24-14-7-12(8-15(25)11-14)18-1-2-19-30(18)22(32)23(33-19)3-5-29(6-4-23)21(31)13-9-16(26)20(28)17(27)10-13/h7-11,18-19H,1-6H2/t18-,19+/m0/s1. The largest absolute Gasteiger partial charge is 0.342 e. The summed E-state index contributed by atoms with van der Waals surface area (Å²) in [4.78, 5) is 30.0. The SMILES string of the molecule is O=C(c1cc(I)c(I)c(I)c1)N1CCC2(CC1)O[C@@H]1CC[C@@H](c3cc(F)cc(F)c3)N1C2=O. The Morgan fingerprint density at radius 3 is 2.18 bits per heavy atom. The molecule has 3 aliphatic rings. The number of carbonyl (C=O) groups is 2. The van der Waals surface area contributed by atoms with Gasteiger partial charge in [0.25, 0.3) is 11.8 Å². The van der Waals surface area contributed by atoms with Crippen LogP contribution in [-0.4, -0.2) is 46.5 Å². The van der Waals surface area contributed by atoms with Crippen LogP contribution in [0.4, 0.5) is 8.78 Å². The van der Waals surface area contributed by atoms with E-state index in [2.05, 4.69) is 67.8 Å². The maximum absolute atomic E-state index is 13.8. The molecule has 0 unspecified atom stereocenters. The van der Waals surface area contributed by atoms with Crippen LogP contribution in [0.2, 0.25) is 0 Å². The molecule has 10 heteroatoms. The number of likely N-dealkylation sites (tertiary alicyclic amines) is 1. The van der Waals surface area contributed by atoms with E-state index in [0.717, 1.165) is 16.8 Å². The van der Waals surface area contributed by atoms with E-state index in [9.17, 15) is 18.4 Å². The quantitative estimate of drug-likeness (QED) is 0.300. The lowest BCUT2D eigenvalue weighted by atomic mass is 9.89. The molecule has 3 fully saturated rings. The Morgan fingerprint density at radius 2 is 1.58 bits per heavy atom. The van der Waals surface area contributed by atoms with Crippen LogP contribution in [-0.2, 0) is 9.53 Å². The van der Waals surface area contributed by atoms with Gasteiger partial charge in [-0.15, -0.1) is 0 Å². The second-order valence-electron chi connectivity index (χ2n) is 8.62. The van der Waals surface area contributed by atoms with Gasteiger partial charge in [-0.05, 0) is 110 Å². The number of ether oxygens (including phenoxy) is 1. The van der Waals surface area contributed by atoms with Gasteiger partial charge < -0.3 is 14.5 Å². The normalized spacial score (nSPS) is 24.0. The highest BCUT2D eigenvalue weighted by atomic mass is 127. The molecule has 0 aliphatic carbocycles. The molecule has 0 N–H and O–H groups in total. The van der Waals surface area contributed by atoms with Gasteiger partial charge in [0, 0.05) is 48.3 Å². The third kappa shape index (κ3) is 4.30. The monoisotopic (exact) mass is 790 g/mol. The Balaban J connectivity index is 1.31. The van der Waals surface area contributed by atoms with Crippen LogP contribution in [0.1, 0.15) is 47.6 Å². The molecule has 2 amide bonds. The van der Waals surface area contributed by atoms with Crippen molar-refractivity contribution in [2.75, 3.05) is 13.1 Å². The molecule has 174 valence electrons. The van der Waals surface area contributed by atoms with Crippen molar-refractivity contribution in [2.45, 2.75) is 43.6 Å². The number of hydrogen-bond acceptors (Lipinski definition) is 3. The summed E-state index contributed by atoms with van der Waals surface area (Å²) in [5.74, 6) is -1.48. The highest BCUT2D eigenvalue weighted by Crippen LogP contribution is 2.47. The summed E-state index contributed by atoms with van der Waals surface area (Å²) in [5, 5.41) is 0. The van der Waals surface area contributed by atoms with E-state index in [1.165, 1.54) is 12.1 Å². The first kappa shape index (κ1) is 24.1. The van der Waals surface area contributed by atoms with Crippen LogP contribution in [0.15, 0.2) is 30.3 Å². The number of piperidine rings is 1. The molecule has 2 aromatic carbocycles. The second kappa shape index (κ2) is 9.12. The molecular weight excluding hydrogens is 771 g/mol. The summed E-state index contributed by atoms with van der Waals surface area (Å²) in [6.07, 6.45) is 1.65. The Morgan fingerprint density at radius 1 is 0.970 bits per heavy atom. The summed E-state index contributed by atoms with van der Waals surface area (Å²) in [5.41, 5.74) is 0.133. The smallest absolute Gasteiger partial charge is 0.257 e. The summed E-state index contributed by atoms with van der Waals surface area (Å²) >= 11 is 6.74. The number of benzene rings is 2. The van der Waals surface area contributed by atoms with E-state index >= 15 is 0 Å². The van der Waals surface area contributed by atoms with Gasteiger partial charge in [0.2, 0.25) is 0 Å². The van der Waals surface area contributed by atoms with Crippen LogP contribution < -0.4 is 0 Å². The molecule has 0 radical (unpaired) electrons. The van der Waals surface area contributed by atoms with E-state index in [1.807, 2.05) is 12.1 Å².